The Morgan fingerprint density at radius 2 is 1.79 bits per heavy atom. The molecule has 1 aliphatic carbocycles. The van der Waals surface area contributed by atoms with Crippen LogP contribution < -0.4 is 0 Å². The standard InChI is InChI=1S/C25H27O2S/c1-17-9-12-21(15-17)25(3,4)27-24(26)19-10-13-22(14-11-19)28-18(2)16-20-7-5-6-8-23(20)28/h5-8,10-11,13-16,21H,9,12H2,1-4H3/q+1. The zero-order valence-electron chi connectivity index (χ0n) is 17.0. The fourth-order valence-electron chi connectivity index (χ4n) is 4.09. The molecule has 28 heavy (non-hydrogen) atoms. The summed E-state index contributed by atoms with van der Waals surface area (Å²) in [7, 11) is -0.0556. The first-order chi connectivity index (χ1) is 13.3. The molecular formula is C25H27O2S+. The largest absolute Gasteiger partial charge is 0.455 e. The molecule has 2 atom stereocenters. The molecule has 4 rings (SSSR count). The van der Waals surface area contributed by atoms with E-state index in [4.69, 9.17) is 4.74 Å². The first kappa shape index (κ1) is 18.9. The monoisotopic (exact) mass is 391 g/mol. The Kier molecular flexibility index (Phi) is 4.88. The van der Waals surface area contributed by atoms with Gasteiger partial charge in [-0.05, 0) is 70.0 Å². The van der Waals surface area contributed by atoms with Crippen molar-refractivity contribution < 1.29 is 9.53 Å². The average Bonchev–Trinajstić information content (AvgIpc) is 3.24. The molecule has 0 bridgehead atoms. The summed E-state index contributed by atoms with van der Waals surface area (Å²) in [6, 6.07) is 18.8. The van der Waals surface area contributed by atoms with Crippen molar-refractivity contribution in [2.45, 2.75) is 46.1 Å². The molecule has 0 saturated heterocycles. The lowest BCUT2D eigenvalue weighted by molar-refractivity contribution is -0.0199. The molecule has 1 heterocycles. The van der Waals surface area contributed by atoms with Crippen LogP contribution >= 0.6 is 10.5 Å². The number of rotatable bonds is 4. The number of thiophene rings is 1. The highest BCUT2D eigenvalue weighted by molar-refractivity contribution is 7.45. The highest BCUT2D eigenvalue weighted by atomic mass is 32.2. The van der Waals surface area contributed by atoms with Crippen LogP contribution in [0.25, 0.3) is 15.0 Å². The minimum Gasteiger partial charge on any atom is -0.455 e. The van der Waals surface area contributed by atoms with Gasteiger partial charge in [-0.3, -0.25) is 0 Å². The van der Waals surface area contributed by atoms with E-state index < -0.39 is 5.60 Å². The van der Waals surface area contributed by atoms with Crippen molar-refractivity contribution in [3.63, 3.8) is 0 Å². The topological polar surface area (TPSA) is 26.3 Å². The number of hydrogen-bond donors (Lipinski definition) is 0. The van der Waals surface area contributed by atoms with Crippen LogP contribution in [-0.4, -0.2) is 11.6 Å². The number of esters is 1. The molecule has 0 aliphatic heterocycles. The van der Waals surface area contributed by atoms with Crippen LogP contribution in [0.4, 0.5) is 0 Å². The second-order valence-corrected chi connectivity index (χ2v) is 10.4. The van der Waals surface area contributed by atoms with E-state index in [0.29, 0.717) is 11.5 Å². The Morgan fingerprint density at radius 3 is 2.46 bits per heavy atom. The van der Waals surface area contributed by atoms with Gasteiger partial charge in [0.2, 0.25) is 0 Å². The maximum absolute atomic E-state index is 12.7. The van der Waals surface area contributed by atoms with Gasteiger partial charge in [-0.25, -0.2) is 4.79 Å². The molecule has 0 saturated carbocycles. The van der Waals surface area contributed by atoms with Crippen molar-refractivity contribution in [3.8, 4) is 4.90 Å². The van der Waals surface area contributed by atoms with E-state index in [1.165, 1.54) is 25.4 Å². The second-order valence-electron chi connectivity index (χ2n) is 8.27. The Morgan fingerprint density at radius 1 is 1.07 bits per heavy atom. The van der Waals surface area contributed by atoms with Crippen LogP contribution in [0.15, 0.2) is 66.2 Å². The predicted molar refractivity (Wildman–Crippen MR) is 118 cm³/mol. The molecule has 0 fully saturated rings. The van der Waals surface area contributed by atoms with E-state index >= 15 is 0 Å². The summed E-state index contributed by atoms with van der Waals surface area (Å²) in [5.41, 5.74) is 1.52. The zero-order chi connectivity index (χ0) is 19.9. The van der Waals surface area contributed by atoms with Gasteiger partial charge in [0, 0.05) is 34.8 Å². The molecular weight excluding hydrogens is 364 g/mol. The SMILES string of the molecule is CC1=CC(C(C)(C)OC(=O)c2ccc(-[s+]3c(C)cc4ccccc43)cc2)CC1. The van der Waals surface area contributed by atoms with Crippen molar-refractivity contribution in [1.29, 1.82) is 0 Å². The highest BCUT2D eigenvalue weighted by Crippen LogP contribution is 2.43. The fraction of sp³-hybridized carbons (Fsp3) is 0.320. The maximum atomic E-state index is 12.7. The van der Waals surface area contributed by atoms with E-state index in [0.717, 1.165) is 12.8 Å². The number of benzene rings is 2. The molecule has 1 aromatic heterocycles. The van der Waals surface area contributed by atoms with Gasteiger partial charge in [-0.15, -0.1) is 0 Å². The smallest absolute Gasteiger partial charge is 0.338 e. The van der Waals surface area contributed by atoms with Gasteiger partial charge in [0.05, 0.1) is 5.56 Å². The molecule has 1 aliphatic rings. The number of hydrogen-bond acceptors (Lipinski definition) is 2. The van der Waals surface area contributed by atoms with Gasteiger partial charge in [0.1, 0.15) is 5.60 Å². The number of aryl methyl sites for hydroxylation is 1. The summed E-state index contributed by atoms with van der Waals surface area (Å²) in [5, 5.41) is 1.30. The lowest BCUT2D eigenvalue weighted by atomic mass is 9.90. The molecule has 0 N–H and O–H groups in total. The van der Waals surface area contributed by atoms with Crippen molar-refractivity contribution in [2.75, 3.05) is 0 Å². The van der Waals surface area contributed by atoms with Gasteiger partial charge >= 0.3 is 5.97 Å². The van der Waals surface area contributed by atoms with Gasteiger partial charge in [0.15, 0.2) is 14.5 Å². The molecule has 2 aromatic carbocycles. The van der Waals surface area contributed by atoms with Crippen molar-refractivity contribution in [2.24, 2.45) is 5.92 Å². The van der Waals surface area contributed by atoms with Crippen LogP contribution in [0.5, 0.6) is 0 Å². The van der Waals surface area contributed by atoms with Crippen LogP contribution in [0.3, 0.4) is 0 Å². The highest BCUT2D eigenvalue weighted by Gasteiger charge is 2.34. The quantitative estimate of drug-likeness (QED) is 0.267. The van der Waals surface area contributed by atoms with E-state index in [1.54, 1.807) is 0 Å². The van der Waals surface area contributed by atoms with E-state index in [-0.39, 0.29) is 16.4 Å². The molecule has 144 valence electrons. The molecule has 0 radical (unpaired) electrons. The van der Waals surface area contributed by atoms with Crippen molar-refractivity contribution in [1.82, 2.24) is 0 Å². The lowest BCUT2D eigenvalue weighted by Crippen LogP contribution is -2.35. The zero-order valence-corrected chi connectivity index (χ0v) is 17.8. The van der Waals surface area contributed by atoms with E-state index in [1.807, 2.05) is 26.0 Å². The molecule has 0 spiro atoms. The Bertz CT molecular complexity index is 1050. The van der Waals surface area contributed by atoms with Gasteiger partial charge < -0.3 is 4.74 Å². The third-order valence-corrected chi connectivity index (χ3v) is 8.05. The molecule has 2 unspecified atom stereocenters. The Balaban J connectivity index is 1.56. The summed E-state index contributed by atoms with van der Waals surface area (Å²) in [6.45, 7) is 8.37. The van der Waals surface area contributed by atoms with Crippen LogP contribution in [0, 0.1) is 12.8 Å². The number of carbonyl (C=O) groups excluding carboxylic acids is 1. The van der Waals surface area contributed by atoms with Crippen molar-refractivity contribution in [3.05, 3.63) is 76.7 Å². The minimum absolute atomic E-state index is 0.0556. The van der Waals surface area contributed by atoms with E-state index in [2.05, 4.69) is 62.4 Å². The lowest BCUT2D eigenvalue weighted by Gasteiger charge is -2.30. The van der Waals surface area contributed by atoms with Crippen molar-refractivity contribution >= 4 is 26.5 Å². The summed E-state index contributed by atoms with van der Waals surface area (Å²) in [5.74, 6) is 0.0527. The minimum atomic E-state index is -0.487. The van der Waals surface area contributed by atoms with Gasteiger partial charge in [-0.2, -0.15) is 0 Å². The molecule has 2 nitrogen and oxygen atoms in total. The second kappa shape index (κ2) is 7.21. The van der Waals surface area contributed by atoms with Crippen LogP contribution in [0.2, 0.25) is 0 Å². The van der Waals surface area contributed by atoms with Crippen LogP contribution in [0.1, 0.15) is 48.8 Å². The summed E-state index contributed by atoms with van der Waals surface area (Å²) >= 11 is 0. The number of fused-ring (bicyclic) bond motifs is 1. The molecule has 3 heteroatoms. The number of allylic oxidation sites excluding steroid dienone is 1. The first-order valence-corrected chi connectivity index (χ1v) is 11.1. The molecule has 0 amide bonds. The van der Waals surface area contributed by atoms with Gasteiger partial charge in [-0.1, -0.05) is 23.8 Å². The third-order valence-electron chi connectivity index (χ3n) is 5.73. The predicted octanol–water partition coefficient (Wildman–Crippen LogP) is 7.18. The fourth-order valence-corrected chi connectivity index (χ4v) is 6.30. The first-order valence-electron chi connectivity index (χ1n) is 9.87. The average molecular weight is 392 g/mol. The normalized spacial score (nSPS) is 17.6. The Labute approximate surface area is 169 Å². The summed E-state index contributed by atoms with van der Waals surface area (Å²) in [4.78, 5) is 15.3. The van der Waals surface area contributed by atoms with Crippen LogP contribution in [-0.2, 0) is 4.74 Å². The number of ether oxygens (including phenoxy) is 1. The maximum Gasteiger partial charge on any atom is 0.338 e. The Hall–Kier alpha value is -2.39. The number of carbonyl (C=O) groups is 1. The molecule has 3 aromatic rings. The third kappa shape index (κ3) is 3.51. The van der Waals surface area contributed by atoms with Gasteiger partial charge in [0.25, 0.3) is 0 Å². The summed E-state index contributed by atoms with van der Waals surface area (Å²) in [6.07, 6.45) is 4.40. The summed E-state index contributed by atoms with van der Waals surface area (Å²) < 4.78 is 7.27. The van der Waals surface area contributed by atoms with E-state index in [9.17, 15) is 4.79 Å².